The maximum atomic E-state index is 12.6. The zero-order valence-corrected chi connectivity index (χ0v) is 17.8. The van der Waals surface area contributed by atoms with Crippen molar-refractivity contribution in [2.75, 3.05) is 56.3 Å². The lowest BCUT2D eigenvalue weighted by molar-refractivity contribution is 0.103. The maximum Gasteiger partial charge on any atom is 0.223 e. The van der Waals surface area contributed by atoms with Crippen LogP contribution in [0.25, 0.3) is 0 Å². The lowest BCUT2D eigenvalue weighted by atomic mass is 10.1. The van der Waals surface area contributed by atoms with Crippen molar-refractivity contribution >= 4 is 39.3 Å². The van der Waals surface area contributed by atoms with Crippen LogP contribution in [0.15, 0.2) is 42.5 Å². The Balaban J connectivity index is 1.50. The summed E-state index contributed by atoms with van der Waals surface area (Å²) in [6.07, 6.45) is 0. The monoisotopic (exact) mass is 424 g/mol. The van der Waals surface area contributed by atoms with Gasteiger partial charge in [0.25, 0.3) is 0 Å². The average molecular weight is 425 g/mol. The largest absolute Gasteiger partial charge is 0.494 e. The van der Waals surface area contributed by atoms with Crippen LogP contribution in [0.2, 0.25) is 0 Å². The Morgan fingerprint density at radius 3 is 2.67 bits per heavy atom. The molecule has 0 atom stereocenters. The van der Waals surface area contributed by atoms with Gasteiger partial charge in [0, 0.05) is 49.2 Å². The van der Waals surface area contributed by atoms with Crippen LogP contribution in [0.5, 0.6) is 5.75 Å². The normalized spacial score (nSPS) is 14.5. The van der Waals surface area contributed by atoms with Crippen LogP contribution in [0.3, 0.4) is 0 Å². The van der Waals surface area contributed by atoms with E-state index in [0.29, 0.717) is 27.1 Å². The summed E-state index contributed by atoms with van der Waals surface area (Å²) < 4.78 is 5.58. The Hall–Kier alpha value is -3.17. The van der Waals surface area contributed by atoms with Crippen molar-refractivity contribution in [3.63, 3.8) is 0 Å². The van der Waals surface area contributed by atoms with Gasteiger partial charge in [-0.05, 0) is 31.3 Å². The van der Waals surface area contributed by atoms with Gasteiger partial charge in [0.1, 0.15) is 5.75 Å². The number of anilines is 4. The van der Waals surface area contributed by atoms with E-state index in [1.807, 2.05) is 12.1 Å². The van der Waals surface area contributed by atoms with Gasteiger partial charge in [-0.1, -0.05) is 23.5 Å². The van der Waals surface area contributed by atoms with Gasteiger partial charge in [-0.25, -0.2) is 0 Å². The average Bonchev–Trinajstić information content (AvgIpc) is 3.22. The summed E-state index contributed by atoms with van der Waals surface area (Å²) in [5, 5.41) is 12.2. The first kappa shape index (κ1) is 20.1. The molecule has 1 aliphatic rings. The van der Waals surface area contributed by atoms with Crippen LogP contribution in [-0.4, -0.2) is 61.2 Å². The highest BCUT2D eigenvalue weighted by Crippen LogP contribution is 2.33. The van der Waals surface area contributed by atoms with Crippen LogP contribution >= 0.6 is 11.3 Å². The van der Waals surface area contributed by atoms with Crippen LogP contribution in [0.1, 0.15) is 15.4 Å². The number of methoxy groups -OCH3 is 1. The van der Waals surface area contributed by atoms with Gasteiger partial charge in [-0.3, -0.25) is 4.79 Å². The van der Waals surface area contributed by atoms with Crippen LogP contribution in [-0.2, 0) is 0 Å². The fraction of sp³-hybridized carbons (Fsp3) is 0.286. The third-order valence-electron chi connectivity index (χ3n) is 5.06. The van der Waals surface area contributed by atoms with Crippen molar-refractivity contribution in [2.24, 2.45) is 0 Å². The molecule has 9 heteroatoms. The summed E-state index contributed by atoms with van der Waals surface area (Å²) in [5.74, 6) is 0.510. The first-order chi connectivity index (χ1) is 14.5. The molecule has 1 fully saturated rings. The van der Waals surface area contributed by atoms with E-state index >= 15 is 0 Å². The second kappa shape index (κ2) is 8.68. The number of ether oxygens (including phenoxy) is 1. The van der Waals surface area contributed by atoms with E-state index in [1.165, 1.54) is 11.3 Å². The van der Waals surface area contributed by atoms with Gasteiger partial charge in [0.05, 0.1) is 12.8 Å². The number of ketones is 1. The minimum absolute atomic E-state index is 0.203. The first-order valence-corrected chi connectivity index (χ1v) is 10.5. The van der Waals surface area contributed by atoms with Crippen molar-refractivity contribution < 1.29 is 9.53 Å². The second-order valence-corrected chi connectivity index (χ2v) is 8.14. The van der Waals surface area contributed by atoms with Gasteiger partial charge in [-0.15, -0.1) is 10.2 Å². The molecular formula is C21H24N6O2S. The van der Waals surface area contributed by atoms with Gasteiger partial charge < -0.3 is 25.6 Å². The lowest BCUT2D eigenvalue weighted by Crippen LogP contribution is -2.44. The zero-order chi connectivity index (χ0) is 21.1. The molecule has 2 heterocycles. The Morgan fingerprint density at radius 1 is 1.13 bits per heavy atom. The smallest absolute Gasteiger partial charge is 0.223 e. The highest BCUT2D eigenvalue weighted by molar-refractivity contribution is 7.17. The molecule has 3 N–H and O–H groups in total. The predicted molar refractivity (Wildman–Crippen MR) is 120 cm³/mol. The number of nitrogens with zero attached hydrogens (tertiary/aromatic N) is 4. The molecule has 2 aromatic carbocycles. The van der Waals surface area contributed by atoms with Gasteiger partial charge in [0.2, 0.25) is 10.9 Å². The molecule has 0 bridgehead atoms. The van der Waals surface area contributed by atoms with Crippen molar-refractivity contribution in [2.45, 2.75) is 0 Å². The number of hydrogen-bond donors (Lipinski definition) is 2. The molecule has 156 valence electrons. The topological polar surface area (TPSA) is 96.6 Å². The van der Waals surface area contributed by atoms with E-state index in [4.69, 9.17) is 10.5 Å². The third kappa shape index (κ3) is 4.37. The summed E-state index contributed by atoms with van der Waals surface area (Å²) in [4.78, 5) is 17.3. The number of carbonyl (C=O) groups is 1. The maximum absolute atomic E-state index is 12.6. The molecule has 0 radical (unpaired) electrons. The Kier molecular flexibility index (Phi) is 5.82. The molecule has 0 amide bonds. The van der Waals surface area contributed by atoms with Gasteiger partial charge in [-0.2, -0.15) is 0 Å². The number of nitrogens with two attached hydrogens (primary N) is 1. The summed E-state index contributed by atoms with van der Waals surface area (Å²) in [6, 6.07) is 12.9. The van der Waals surface area contributed by atoms with E-state index in [2.05, 4.69) is 38.4 Å². The Morgan fingerprint density at radius 2 is 1.93 bits per heavy atom. The number of nitrogen functional groups attached to an aromatic ring is 1. The van der Waals surface area contributed by atoms with E-state index in [0.717, 1.165) is 37.6 Å². The summed E-state index contributed by atoms with van der Waals surface area (Å²) in [6.45, 7) is 4.05. The van der Waals surface area contributed by atoms with E-state index in [9.17, 15) is 4.79 Å². The summed E-state index contributed by atoms with van der Waals surface area (Å²) >= 11 is 1.19. The fourth-order valence-electron chi connectivity index (χ4n) is 3.33. The number of hydrogen-bond acceptors (Lipinski definition) is 9. The van der Waals surface area contributed by atoms with E-state index in [-0.39, 0.29) is 5.78 Å². The number of benzene rings is 2. The molecule has 8 nitrogen and oxygen atoms in total. The molecule has 30 heavy (non-hydrogen) atoms. The standard InChI is InChI=1S/C21H24N6O2S/c1-26-8-10-27(11-9-26)16-6-7-17(18(13-16)29-2)23-21-25-24-20(30-21)19(28)14-4-3-5-15(22)12-14/h3-7,12-13H,8-11,22H2,1-2H3,(H,23,25). The second-order valence-electron chi connectivity index (χ2n) is 7.17. The third-order valence-corrected chi connectivity index (χ3v) is 5.90. The molecule has 0 spiro atoms. The van der Waals surface area contributed by atoms with Crippen molar-refractivity contribution in [3.05, 3.63) is 53.0 Å². The molecule has 0 unspecified atom stereocenters. The molecule has 3 aromatic rings. The molecule has 1 aromatic heterocycles. The van der Waals surface area contributed by atoms with Crippen LogP contribution in [0, 0.1) is 0 Å². The van der Waals surface area contributed by atoms with Gasteiger partial charge >= 0.3 is 0 Å². The zero-order valence-electron chi connectivity index (χ0n) is 17.0. The van der Waals surface area contributed by atoms with Crippen molar-refractivity contribution in [1.82, 2.24) is 15.1 Å². The highest BCUT2D eigenvalue weighted by Gasteiger charge is 2.18. The summed E-state index contributed by atoms with van der Waals surface area (Å²) in [5.41, 5.74) is 8.70. The number of nitrogens with one attached hydrogen (secondary N) is 1. The van der Waals surface area contributed by atoms with E-state index < -0.39 is 0 Å². The Labute approximate surface area is 179 Å². The minimum Gasteiger partial charge on any atom is -0.494 e. The number of rotatable bonds is 6. The number of carbonyl (C=O) groups excluding carboxylic acids is 1. The Bertz CT molecular complexity index is 1050. The molecule has 4 rings (SSSR count). The van der Waals surface area contributed by atoms with Crippen LogP contribution < -0.4 is 20.7 Å². The number of likely N-dealkylation sites (N-methyl/N-ethyl adjacent to an activating group) is 1. The lowest BCUT2D eigenvalue weighted by Gasteiger charge is -2.34. The SMILES string of the molecule is COc1cc(N2CCN(C)CC2)ccc1Nc1nnc(C(=O)c2cccc(N)c2)s1. The number of aromatic nitrogens is 2. The number of piperazine rings is 1. The van der Waals surface area contributed by atoms with Crippen molar-refractivity contribution in [1.29, 1.82) is 0 Å². The quantitative estimate of drug-likeness (QED) is 0.461. The van der Waals surface area contributed by atoms with Crippen molar-refractivity contribution in [3.8, 4) is 5.75 Å². The van der Waals surface area contributed by atoms with E-state index in [1.54, 1.807) is 31.4 Å². The minimum atomic E-state index is -0.203. The predicted octanol–water partition coefficient (Wildman–Crippen LogP) is 2.86. The first-order valence-electron chi connectivity index (χ1n) is 9.66. The van der Waals surface area contributed by atoms with Gasteiger partial charge in [0.15, 0.2) is 5.01 Å². The molecule has 1 aliphatic heterocycles. The summed E-state index contributed by atoms with van der Waals surface area (Å²) in [7, 11) is 3.78. The molecular weight excluding hydrogens is 400 g/mol. The fourth-order valence-corrected chi connectivity index (χ4v) is 4.05. The molecule has 0 saturated carbocycles. The molecule has 0 aliphatic carbocycles. The molecule has 1 saturated heterocycles. The van der Waals surface area contributed by atoms with Crippen LogP contribution in [0.4, 0.5) is 22.2 Å². The highest BCUT2D eigenvalue weighted by atomic mass is 32.1.